The standard InChI is InChI=1S/C17H20F3N5O2/c18-17(19,20)14(24-8-6-21-7-9-24)10-22-16(27)15-13(26)11-25(23-15)12-4-2-1-3-5-12/h1-5,11,14,21,26H,6-10H2,(H,22,27). The number of benzene rings is 1. The van der Waals surface area contributed by atoms with Gasteiger partial charge >= 0.3 is 6.18 Å². The Hall–Kier alpha value is -2.59. The number of piperazine rings is 1. The summed E-state index contributed by atoms with van der Waals surface area (Å²) in [7, 11) is 0. The summed E-state index contributed by atoms with van der Waals surface area (Å²) in [6.07, 6.45) is -3.24. The molecule has 0 bridgehead atoms. The van der Waals surface area contributed by atoms with E-state index in [0.29, 0.717) is 18.8 Å². The highest BCUT2D eigenvalue weighted by atomic mass is 19.4. The van der Waals surface area contributed by atoms with Crippen LogP contribution in [0.25, 0.3) is 5.69 Å². The molecular formula is C17H20F3N5O2. The number of hydrogen-bond acceptors (Lipinski definition) is 5. The number of rotatable bonds is 5. The van der Waals surface area contributed by atoms with Gasteiger partial charge in [0.2, 0.25) is 0 Å². The molecule has 0 spiro atoms. The van der Waals surface area contributed by atoms with Gasteiger partial charge in [0.1, 0.15) is 6.04 Å². The van der Waals surface area contributed by atoms with Crippen LogP contribution in [-0.2, 0) is 0 Å². The quantitative estimate of drug-likeness (QED) is 0.722. The zero-order valence-corrected chi connectivity index (χ0v) is 14.4. The minimum absolute atomic E-state index is 0.244. The number of para-hydroxylation sites is 1. The van der Waals surface area contributed by atoms with E-state index >= 15 is 0 Å². The second-order valence-electron chi connectivity index (χ2n) is 6.20. The summed E-state index contributed by atoms with van der Waals surface area (Å²) in [4.78, 5) is 13.6. The van der Waals surface area contributed by atoms with Crippen molar-refractivity contribution in [3.8, 4) is 11.4 Å². The molecule has 0 aliphatic carbocycles. The monoisotopic (exact) mass is 383 g/mol. The summed E-state index contributed by atoms with van der Waals surface area (Å²) in [5.41, 5.74) is 0.293. The van der Waals surface area contributed by atoms with Crippen LogP contribution in [0.3, 0.4) is 0 Å². The number of amides is 1. The van der Waals surface area contributed by atoms with Crippen molar-refractivity contribution in [3.05, 3.63) is 42.2 Å². The van der Waals surface area contributed by atoms with Crippen LogP contribution in [-0.4, -0.2) is 70.6 Å². The summed E-state index contributed by atoms with van der Waals surface area (Å²) in [6.45, 7) is 0.799. The van der Waals surface area contributed by atoms with E-state index < -0.39 is 30.4 Å². The van der Waals surface area contributed by atoms with Crippen LogP contribution in [0.15, 0.2) is 36.5 Å². The number of nitrogens with zero attached hydrogens (tertiary/aromatic N) is 3. The van der Waals surface area contributed by atoms with Crippen LogP contribution in [0.5, 0.6) is 5.75 Å². The first-order valence-electron chi connectivity index (χ1n) is 8.50. The first-order chi connectivity index (χ1) is 12.9. The molecule has 2 heterocycles. The van der Waals surface area contributed by atoms with Crippen LogP contribution >= 0.6 is 0 Å². The van der Waals surface area contributed by atoms with E-state index in [2.05, 4.69) is 15.7 Å². The van der Waals surface area contributed by atoms with Gasteiger partial charge in [-0.2, -0.15) is 18.3 Å². The lowest BCUT2D eigenvalue weighted by Gasteiger charge is -2.35. The van der Waals surface area contributed by atoms with Crippen LogP contribution in [0.1, 0.15) is 10.5 Å². The molecule has 10 heteroatoms. The van der Waals surface area contributed by atoms with Gasteiger partial charge in [0.15, 0.2) is 11.4 Å². The fourth-order valence-electron chi connectivity index (χ4n) is 2.96. The SMILES string of the molecule is O=C(NCC(N1CCNCC1)C(F)(F)F)c1nn(-c2ccccc2)cc1O. The maximum absolute atomic E-state index is 13.4. The minimum Gasteiger partial charge on any atom is -0.504 e. The van der Waals surface area contributed by atoms with E-state index in [-0.39, 0.29) is 18.8 Å². The molecule has 1 unspecified atom stereocenters. The van der Waals surface area contributed by atoms with Crippen molar-refractivity contribution in [2.45, 2.75) is 12.2 Å². The predicted molar refractivity (Wildman–Crippen MR) is 91.8 cm³/mol. The molecule has 1 fully saturated rings. The van der Waals surface area contributed by atoms with Crippen LogP contribution in [0.2, 0.25) is 0 Å². The van der Waals surface area contributed by atoms with Crippen molar-refractivity contribution < 1.29 is 23.1 Å². The topological polar surface area (TPSA) is 82.4 Å². The first kappa shape index (κ1) is 19.2. The van der Waals surface area contributed by atoms with Crippen LogP contribution in [0, 0.1) is 0 Å². The Bertz CT molecular complexity index is 773. The zero-order chi connectivity index (χ0) is 19.4. The number of aromatic hydroxyl groups is 1. The normalized spacial score (nSPS) is 16.9. The van der Waals surface area contributed by atoms with Gasteiger partial charge in [-0.05, 0) is 12.1 Å². The first-order valence-corrected chi connectivity index (χ1v) is 8.50. The van der Waals surface area contributed by atoms with E-state index in [0.717, 1.165) is 0 Å². The predicted octanol–water partition coefficient (Wildman–Crippen LogP) is 1.14. The average molecular weight is 383 g/mol. The molecule has 3 rings (SSSR count). The molecule has 2 aromatic rings. The molecule has 1 amide bonds. The van der Waals surface area contributed by atoms with E-state index in [1.807, 2.05) is 0 Å². The Balaban J connectivity index is 1.70. The molecule has 1 atom stereocenters. The Labute approximate surface area is 153 Å². The number of hydrogen-bond donors (Lipinski definition) is 3. The van der Waals surface area contributed by atoms with Gasteiger partial charge in [0.05, 0.1) is 11.9 Å². The number of carbonyl (C=O) groups excluding carboxylic acids is 1. The van der Waals surface area contributed by atoms with Crippen molar-refractivity contribution in [3.63, 3.8) is 0 Å². The minimum atomic E-state index is -4.48. The summed E-state index contributed by atoms with van der Waals surface area (Å²) < 4.78 is 41.4. The van der Waals surface area contributed by atoms with Gasteiger partial charge in [-0.1, -0.05) is 18.2 Å². The Morgan fingerprint density at radius 3 is 2.56 bits per heavy atom. The van der Waals surface area contributed by atoms with Gasteiger partial charge < -0.3 is 15.7 Å². The molecule has 1 saturated heterocycles. The smallest absolute Gasteiger partial charge is 0.405 e. The fraction of sp³-hybridized carbons (Fsp3) is 0.412. The third-order valence-electron chi connectivity index (χ3n) is 4.36. The van der Waals surface area contributed by atoms with E-state index in [4.69, 9.17) is 0 Å². The molecule has 27 heavy (non-hydrogen) atoms. The van der Waals surface area contributed by atoms with Crippen molar-refractivity contribution in [2.24, 2.45) is 0 Å². The van der Waals surface area contributed by atoms with E-state index in [9.17, 15) is 23.1 Å². The van der Waals surface area contributed by atoms with E-state index in [1.54, 1.807) is 30.3 Å². The number of nitrogens with one attached hydrogen (secondary N) is 2. The largest absolute Gasteiger partial charge is 0.504 e. The average Bonchev–Trinajstić information content (AvgIpc) is 3.04. The number of aromatic nitrogens is 2. The van der Waals surface area contributed by atoms with Gasteiger partial charge in [0, 0.05) is 32.7 Å². The molecule has 146 valence electrons. The Kier molecular flexibility index (Phi) is 5.66. The third-order valence-corrected chi connectivity index (χ3v) is 4.36. The molecule has 1 aromatic carbocycles. The molecule has 0 saturated carbocycles. The molecule has 3 N–H and O–H groups in total. The molecule has 0 radical (unpaired) electrons. The lowest BCUT2D eigenvalue weighted by Crippen LogP contribution is -2.57. The molecule has 1 aliphatic rings. The number of halogens is 3. The van der Waals surface area contributed by atoms with Gasteiger partial charge in [0.25, 0.3) is 5.91 Å². The zero-order valence-electron chi connectivity index (χ0n) is 14.4. The van der Waals surface area contributed by atoms with Crippen LogP contribution < -0.4 is 10.6 Å². The molecule has 1 aromatic heterocycles. The van der Waals surface area contributed by atoms with Crippen molar-refractivity contribution >= 4 is 5.91 Å². The third kappa shape index (κ3) is 4.58. The number of carbonyl (C=O) groups is 1. The maximum atomic E-state index is 13.4. The highest BCUT2D eigenvalue weighted by molar-refractivity contribution is 5.94. The lowest BCUT2D eigenvalue weighted by atomic mass is 10.2. The highest BCUT2D eigenvalue weighted by Crippen LogP contribution is 2.25. The van der Waals surface area contributed by atoms with Crippen molar-refractivity contribution in [2.75, 3.05) is 32.7 Å². The fourth-order valence-corrected chi connectivity index (χ4v) is 2.96. The highest BCUT2D eigenvalue weighted by Gasteiger charge is 2.44. The number of alkyl halides is 3. The van der Waals surface area contributed by atoms with Gasteiger partial charge in [-0.15, -0.1) is 0 Å². The lowest BCUT2D eigenvalue weighted by molar-refractivity contribution is -0.183. The Morgan fingerprint density at radius 1 is 1.26 bits per heavy atom. The summed E-state index contributed by atoms with van der Waals surface area (Å²) in [5.74, 6) is -1.26. The van der Waals surface area contributed by atoms with Crippen molar-refractivity contribution in [1.29, 1.82) is 0 Å². The van der Waals surface area contributed by atoms with E-state index in [1.165, 1.54) is 15.8 Å². The maximum Gasteiger partial charge on any atom is 0.405 e. The molecule has 1 aliphatic heterocycles. The molecule has 7 nitrogen and oxygen atoms in total. The van der Waals surface area contributed by atoms with Gasteiger partial charge in [-0.25, -0.2) is 4.68 Å². The summed E-state index contributed by atoms with van der Waals surface area (Å²) >= 11 is 0. The van der Waals surface area contributed by atoms with Crippen LogP contribution in [0.4, 0.5) is 13.2 Å². The second kappa shape index (κ2) is 7.97. The Morgan fingerprint density at radius 2 is 1.93 bits per heavy atom. The summed E-state index contributed by atoms with van der Waals surface area (Å²) in [6, 6.07) is 6.97. The molecular weight excluding hydrogens is 363 g/mol. The van der Waals surface area contributed by atoms with Gasteiger partial charge in [-0.3, -0.25) is 9.69 Å². The second-order valence-corrected chi connectivity index (χ2v) is 6.20. The van der Waals surface area contributed by atoms with Crippen molar-refractivity contribution in [1.82, 2.24) is 25.3 Å². The summed E-state index contributed by atoms with van der Waals surface area (Å²) in [5, 5.41) is 19.2.